The molecule has 0 unspecified atom stereocenters. The van der Waals surface area contributed by atoms with Crippen molar-refractivity contribution in [1.82, 2.24) is 15.1 Å². The molecule has 1 aliphatic rings. The number of rotatable bonds is 4. The molecule has 1 aromatic rings. The van der Waals surface area contributed by atoms with Gasteiger partial charge in [-0.2, -0.15) is 13.2 Å². The van der Waals surface area contributed by atoms with E-state index in [0.29, 0.717) is 5.96 Å². The fourth-order valence-electron chi connectivity index (χ4n) is 2.66. The molecule has 9 heteroatoms. The first-order valence-electron chi connectivity index (χ1n) is 7.86. The quantitative estimate of drug-likeness (QED) is 0.398. The molecule has 1 aromatic carbocycles. The molecule has 142 valence electrons. The summed E-state index contributed by atoms with van der Waals surface area (Å²) < 4.78 is 36.7. The molecule has 0 aliphatic carbocycles. The Kier molecular flexibility index (Phi) is 9.29. The predicted molar refractivity (Wildman–Crippen MR) is 106 cm³/mol. The molecule has 1 N–H and O–H groups in total. The van der Waals surface area contributed by atoms with Gasteiger partial charge in [-0.05, 0) is 17.7 Å². The molecule has 1 heterocycles. The third-order valence-electron chi connectivity index (χ3n) is 3.87. The van der Waals surface area contributed by atoms with Gasteiger partial charge in [-0.1, -0.05) is 23.7 Å². The average molecular weight is 491 g/mol. The summed E-state index contributed by atoms with van der Waals surface area (Å²) in [6, 6.07) is 7.77. The first-order chi connectivity index (χ1) is 11.4. The Balaban J connectivity index is 0.00000312. The Bertz CT molecular complexity index is 561. The van der Waals surface area contributed by atoms with Gasteiger partial charge in [0.15, 0.2) is 5.96 Å². The van der Waals surface area contributed by atoms with Crippen LogP contribution < -0.4 is 5.32 Å². The van der Waals surface area contributed by atoms with Gasteiger partial charge in [0.1, 0.15) is 0 Å². The van der Waals surface area contributed by atoms with E-state index in [1.807, 2.05) is 29.2 Å². The van der Waals surface area contributed by atoms with Crippen LogP contribution in [0, 0.1) is 0 Å². The lowest BCUT2D eigenvalue weighted by Gasteiger charge is -2.36. The van der Waals surface area contributed by atoms with Gasteiger partial charge < -0.3 is 10.2 Å². The third-order valence-corrected chi connectivity index (χ3v) is 4.11. The molecule has 0 bridgehead atoms. The first-order valence-corrected chi connectivity index (χ1v) is 8.24. The Labute approximate surface area is 168 Å². The zero-order valence-corrected chi connectivity index (χ0v) is 17.1. The van der Waals surface area contributed by atoms with E-state index in [4.69, 9.17) is 11.6 Å². The van der Waals surface area contributed by atoms with Crippen molar-refractivity contribution in [3.05, 3.63) is 34.9 Å². The van der Waals surface area contributed by atoms with Gasteiger partial charge in [0.2, 0.25) is 0 Å². The minimum Gasteiger partial charge on any atom is -0.356 e. The fourth-order valence-corrected chi connectivity index (χ4v) is 2.87. The highest BCUT2D eigenvalue weighted by atomic mass is 127. The van der Waals surface area contributed by atoms with Crippen molar-refractivity contribution in [1.29, 1.82) is 0 Å². The summed E-state index contributed by atoms with van der Waals surface area (Å²) in [4.78, 5) is 8.37. The zero-order valence-electron chi connectivity index (χ0n) is 14.0. The highest BCUT2D eigenvalue weighted by molar-refractivity contribution is 14.0. The minimum absolute atomic E-state index is 0. The van der Waals surface area contributed by atoms with Crippen molar-refractivity contribution in [3.8, 4) is 0 Å². The van der Waals surface area contributed by atoms with Gasteiger partial charge in [-0.3, -0.25) is 9.89 Å². The third kappa shape index (κ3) is 8.00. The molecule has 1 aliphatic heterocycles. The molecule has 0 amide bonds. The van der Waals surface area contributed by atoms with Crippen LogP contribution in [0.1, 0.15) is 12.0 Å². The number of nitrogens with one attached hydrogen (secondary N) is 1. The van der Waals surface area contributed by atoms with Crippen LogP contribution in [0.2, 0.25) is 5.02 Å². The number of aliphatic imine (C=N–C) groups is 1. The van der Waals surface area contributed by atoms with E-state index < -0.39 is 12.6 Å². The van der Waals surface area contributed by atoms with Crippen LogP contribution in [0.25, 0.3) is 0 Å². The Hall–Kier alpha value is -0.740. The van der Waals surface area contributed by atoms with Gasteiger partial charge in [-0.25, -0.2) is 0 Å². The smallest absolute Gasteiger partial charge is 0.356 e. The molecule has 4 nitrogen and oxygen atoms in total. The maximum absolute atomic E-state index is 12.2. The van der Waals surface area contributed by atoms with Gasteiger partial charge >= 0.3 is 6.18 Å². The zero-order chi connectivity index (χ0) is 17.6. The van der Waals surface area contributed by atoms with Crippen molar-refractivity contribution in [2.45, 2.75) is 19.1 Å². The number of hydrogen-bond acceptors (Lipinski definition) is 2. The fraction of sp³-hybridized carbons (Fsp3) is 0.562. The van der Waals surface area contributed by atoms with E-state index >= 15 is 0 Å². The Morgan fingerprint density at radius 3 is 2.48 bits per heavy atom. The molecule has 0 saturated carbocycles. The lowest BCUT2D eigenvalue weighted by molar-refractivity contribution is -0.132. The highest BCUT2D eigenvalue weighted by Crippen LogP contribution is 2.18. The van der Waals surface area contributed by atoms with E-state index in [1.54, 1.807) is 7.05 Å². The summed E-state index contributed by atoms with van der Waals surface area (Å²) in [6.45, 7) is 3.77. The molecular weight excluding hydrogens is 468 g/mol. The maximum Gasteiger partial charge on any atom is 0.390 e. The second-order valence-corrected chi connectivity index (χ2v) is 6.17. The van der Waals surface area contributed by atoms with Crippen LogP contribution in [0.15, 0.2) is 29.3 Å². The van der Waals surface area contributed by atoms with E-state index in [2.05, 4.69) is 15.2 Å². The van der Waals surface area contributed by atoms with Crippen LogP contribution >= 0.6 is 35.6 Å². The normalized spacial score (nSPS) is 16.5. The van der Waals surface area contributed by atoms with Crippen LogP contribution in [0.3, 0.4) is 0 Å². The second-order valence-electron chi connectivity index (χ2n) is 5.73. The van der Waals surface area contributed by atoms with E-state index in [1.165, 1.54) is 0 Å². The average Bonchev–Trinajstić information content (AvgIpc) is 2.52. The molecule has 0 atom stereocenters. The van der Waals surface area contributed by atoms with Gasteiger partial charge in [0.25, 0.3) is 0 Å². The van der Waals surface area contributed by atoms with Crippen LogP contribution in [0.5, 0.6) is 0 Å². The molecular formula is C16H23ClF3IN4. The minimum atomic E-state index is -4.15. The van der Waals surface area contributed by atoms with Gasteiger partial charge in [0, 0.05) is 51.3 Å². The van der Waals surface area contributed by atoms with Gasteiger partial charge in [0.05, 0.1) is 6.42 Å². The SMILES string of the molecule is CN=C(NCCC(F)(F)F)N1CCN(Cc2cccc(Cl)c2)CC1.I. The summed E-state index contributed by atoms with van der Waals surface area (Å²) in [7, 11) is 1.59. The first kappa shape index (κ1) is 22.3. The van der Waals surface area contributed by atoms with Crippen LogP contribution in [-0.2, 0) is 6.54 Å². The molecule has 2 rings (SSSR count). The molecule has 0 spiro atoms. The topological polar surface area (TPSA) is 30.9 Å². The summed E-state index contributed by atoms with van der Waals surface area (Å²) in [6.07, 6.45) is -5.01. The van der Waals surface area contributed by atoms with Crippen molar-refractivity contribution >= 4 is 41.5 Å². The Morgan fingerprint density at radius 1 is 1.24 bits per heavy atom. The molecule has 0 aromatic heterocycles. The Morgan fingerprint density at radius 2 is 1.92 bits per heavy atom. The van der Waals surface area contributed by atoms with Crippen molar-refractivity contribution in [3.63, 3.8) is 0 Å². The second kappa shape index (κ2) is 10.4. The summed E-state index contributed by atoms with van der Waals surface area (Å²) in [5.74, 6) is 0.529. The predicted octanol–water partition coefficient (Wildman–Crippen LogP) is 3.60. The number of halogens is 5. The van der Waals surface area contributed by atoms with E-state index in [9.17, 15) is 13.2 Å². The van der Waals surface area contributed by atoms with Crippen molar-refractivity contribution < 1.29 is 13.2 Å². The number of alkyl halides is 3. The highest BCUT2D eigenvalue weighted by Gasteiger charge is 2.27. The van der Waals surface area contributed by atoms with Crippen molar-refractivity contribution in [2.24, 2.45) is 4.99 Å². The lowest BCUT2D eigenvalue weighted by atomic mass is 10.2. The van der Waals surface area contributed by atoms with E-state index in [0.717, 1.165) is 43.3 Å². The van der Waals surface area contributed by atoms with Crippen LogP contribution in [0.4, 0.5) is 13.2 Å². The van der Waals surface area contributed by atoms with E-state index in [-0.39, 0.29) is 30.5 Å². The largest absolute Gasteiger partial charge is 0.390 e. The number of hydrogen-bond donors (Lipinski definition) is 1. The number of benzene rings is 1. The summed E-state index contributed by atoms with van der Waals surface area (Å²) >= 11 is 6.00. The summed E-state index contributed by atoms with van der Waals surface area (Å²) in [5.41, 5.74) is 1.16. The monoisotopic (exact) mass is 490 g/mol. The molecule has 1 saturated heterocycles. The number of piperazine rings is 1. The standard InChI is InChI=1S/C16H22ClF3N4.HI/c1-21-15(22-6-5-16(18,19)20)24-9-7-23(8-10-24)12-13-3-2-4-14(17)11-13;/h2-4,11H,5-10,12H2,1H3,(H,21,22);1H. The lowest BCUT2D eigenvalue weighted by Crippen LogP contribution is -2.52. The van der Waals surface area contributed by atoms with Crippen LogP contribution in [-0.4, -0.2) is 61.7 Å². The van der Waals surface area contributed by atoms with Crippen molar-refractivity contribution in [2.75, 3.05) is 39.8 Å². The molecule has 0 radical (unpaired) electrons. The molecule has 1 fully saturated rings. The maximum atomic E-state index is 12.2. The molecule has 25 heavy (non-hydrogen) atoms. The number of guanidine groups is 1. The summed E-state index contributed by atoms with van der Waals surface area (Å²) in [5, 5.41) is 3.51. The van der Waals surface area contributed by atoms with Gasteiger partial charge in [-0.15, -0.1) is 24.0 Å². The number of nitrogens with zero attached hydrogens (tertiary/aromatic N) is 3.